The van der Waals surface area contributed by atoms with Crippen molar-refractivity contribution in [2.75, 3.05) is 4.90 Å². The van der Waals surface area contributed by atoms with Gasteiger partial charge in [-0.3, -0.25) is 0 Å². The monoisotopic (exact) mass is 765 g/mol. The highest BCUT2D eigenvalue weighted by atomic mass is 15.1. The minimum absolute atomic E-state index is 0.130. The van der Waals surface area contributed by atoms with E-state index in [1.165, 1.54) is 100 Å². The Hall–Kier alpha value is -7.22. The van der Waals surface area contributed by atoms with Gasteiger partial charge in [-0.1, -0.05) is 184 Å². The minimum atomic E-state index is -0.488. The van der Waals surface area contributed by atoms with Crippen LogP contribution in [0, 0.1) is 6.92 Å². The van der Waals surface area contributed by atoms with Gasteiger partial charge in [0.05, 0.1) is 5.41 Å². The molecule has 0 N–H and O–H groups in total. The van der Waals surface area contributed by atoms with Crippen molar-refractivity contribution in [1.29, 1.82) is 0 Å². The molecule has 0 saturated carbocycles. The minimum Gasteiger partial charge on any atom is -0.310 e. The second-order valence-electron chi connectivity index (χ2n) is 17.3. The van der Waals surface area contributed by atoms with Crippen molar-refractivity contribution in [2.24, 2.45) is 0 Å². The van der Waals surface area contributed by atoms with Crippen LogP contribution in [0.15, 0.2) is 206 Å². The summed E-state index contributed by atoms with van der Waals surface area (Å²) in [6.45, 7) is 7.02. The molecule has 0 bridgehead atoms. The Morgan fingerprint density at radius 2 is 0.833 bits per heavy atom. The number of rotatable bonds is 5. The standard InChI is InChI=1S/C59H43N/c1-38-35-41(39-17-6-4-7-18-39)29-34-56(38)60(42-30-32-48-45-21-10-13-25-50(45)58(2,3)54(48)36-42)43-31-33-49-55(37-43)59(51-26-14-11-22-46(51)47-23-12-15-27-52(47)59)53-28-16-24-44(57(49)53)40-19-8-5-9-20-40/h4-37H,1-3H3. The summed E-state index contributed by atoms with van der Waals surface area (Å²) in [4.78, 5) is 2.52. The molecule has 284 valence electrons. The summed E-state index contributed by atoms with van der Waals surface area (Å²) in [6, 6.07) is 77.2. The largest absolute Gasteiger partial charge is 0.310 e. The number of hydrogen-bond acceptors (Lipinski definition) is 1. The lowest BCUT2D eigenvalue weighted by atomic mass is 9.70. The van der Waals surface area contributed by atoms with Gasteiger partial charge in [0.1, 0.15) is 0 Å². The van der Waals surface area contributed by atoms with Gasteiger partial charge < -0.3 is 4.90 Å². The number of aryl methyl sites for hydroxylation is 1. The van der Waals surface area contributed by atoms with E-state index in [0.717, 1.165) is 11.4 Å². The zero-order valence-electron chi connectivity index (χ0n) is 34.1. The van der Waals surface area contributed by atoms with Crippen molar-refractivity contribution in [3.63, 3.8) is 0 Å². The van der Waals surface area contributed by atoms with Crippen LogP contribution in [0.3, 0.4) is 0 Å². The van der Waals surface area contributed by atoms with Crippen LogP contribution in [-0.4, -0.2) is 0 Å². The predicted molar refractivity (Wildman–Crippen MR) is 251 cm³/mol. The van der Waals surface area contributed by atoms with Crippen molar-refractivity contribution in [3.05, 3.63) is 245 Å². The van der Waals surface area contributed by atoms with E-state index >= 15 is 0 Å². The molecule has 0 atom stereocenters. The molecule has 0 unspecified atom stereocenters. The smallest absolute Gasteiger partial charge is 0.0726 e. The van der Waals surface area contributed by atoms with Crippen LogP contribution in [0.25, 0.3) is 55.6 Å². The normalized spacial score (nSPS) is 14.2. The molecule has 0 aliphatic heterocycles. The van der Waals surface area contributed by atoms with E-state index in [1.807, 2.05) is 0 Å². The fourth-order valence-electron chi connectivity index (χ4n) is 11.1. The maximum atomic E-state index is 2.53. The molecule has 1 heteroatoms. The highest BCUT2D eigenvalue weighted by Crippen LogP contribution is 2.65. The Morgan fingerprint density at radius 3 is 1.48 bits per heavy atom. The summed E-state index contributed by atoms with van der Waals surface area (Å²) in [6.07, 6.45) is 0. The number of benzene rings is 9. The first-order valence-electron chi connectivity index (χ1n) is 21.2. The average molecular weight is 766 g/mol. The van der Waals surface area contributed by atoms with Crippen molar-refractivity contribution in [1.82, 2.24) is 0 Å². The first-order valence-corrected chi connectivity index (χ1v) is 21.2. The molecule has 3 aliphatic carbocycles. The van der Waals surface area contributed by atoms with Crippen LogP contribution < -0.4 is 4.90 Å². The molecule has 1 nitrogen and oxygen atoms in total. The lowest BCUT2D eigenvalue weighted by Crippen LogP contribution is -2.26. The fraction of sp³-hybridized carbons (Fsp3) is 0.0847. The van der Waals surface area contributed by atoms with E-state index < -0.39 is 5.41 Å². The molecule has 0 aromatic heterocycles. The quantitative estimate of drug-likeness (QED) is 0.169. The molecule has 60 heavy (non-hydrogen) atoms. The van der Waals surface area contributed by atoms with Crippen LogP contribution in [0.1, 0.15) is 52.8 Å². The van der Waals surface area contributed by atoms with E-state index in [9.17, 15) is 0 Å². The van der Waals surface area contributed by atoms with Gasteiger partial charge in [-0.25, -0.2) is 0 Å². The van der Waals surface area contributed by atoms with E-state index in [0.29, 0.717) is 0 Å². The lowest BCUT2D eigenvalue weighted by Gasteiger charge is -2.33. The maximum Gasteiger partial charge on any atom is 0.0726 e. The summed E-state index contributed by atoms with van der Waals surface area (Å²) >= 11 is 0. The zero-order valence-corrected chi connectivity index (χ0v) is 34.1. The molecule has 12 rings (SSSR count). The first kappa shape index (κ1) is 34.8. The zero-order chi connectivity index (χ0) is 40.2. The van der Waals surface area contributed by atoms with Crippen LogP contribution in [0.2, 0.25) is 0 Å². The van der Waals surface area contributed by atoms with Crippen LogP contribution >= 0.6 is 0 Å². The molecule has 9 aromatic carbocycles. The van der Waals surface area contributed by atoms with Gasteiger partial charge in [0.15, 0.2) is 0 Å². The highest BCUT2D eigenvalue weighted by molar-refractivity contribution is 6.01. The Kier molecular flexibility index (Phi) is 7.47. The van der Waals surface area contributed by atoms with Gasteiger partial charge in [0.25, 0.3) is 0 Å². The molecular formula is C59H43N. The van der Waals surface area contributed by atoms with Gasteiger partial charge in [0.2, 0.25) is 0 Å². The van der Waals surface area contributed by atoms with Crippen molar-refractivity contribution >= 4 is 17.1 Å². The van der Waals surface area contributed by atoms with Crippen molar-refractivity contribution in [2.45, 2.75) is 31.6 Å². The average Bonchev–Trinajstić information content (AvgIpc) is 3.86. The molecule has 3 aliphatic rings. The molecule has 0 radical (unpaired) electrons. The fourth-order valence-corrected chi connectivity index (χ4v) is 11.1. The molecule has 1 spiro atoms. The van der Waals surface area contributed by atoms with Gasteiger partial charge in [-0.15, -0.1) is 0 Å². The molecule has 0 heterocycles. The van der Waals surface area contributed by atoms with Gasteiger partial charge >= 0.3 is 0 Å². The Bertz CT molecular complexity index is 3140. The molecular weight excluding hydrogens is 723 g/mol. The Balaban J connectivity index is 1.14. The predicted octanol–water partition coefficient (Wildman–Crippen LogP) is 15.4. The maximum absolute atomic E-state index is 2.53. The summed E-state index contributed by atoms with van der Waals surface area (Å²) in [5.74, 6) is 0. The van der Waals surface area contributed by atoms with Gasteiger partial charge in [0, 0.05) is 22.5 Å². The third-order valence-electron chi connectivity index (χ3n) is 13.8. The van der Waals surface area contributed by atoms with E-state index in [-0.39, 0.29) is 5.41 Å². The Labute approximate surface area is 352 Å². The number of nitrogens with zero attached hydrogens (tertiary/aromatic N) is 1. The van der Waals surface area contributed by atoms with Crippen LogP contribution in [0.5, 0.6) is 0 Å². The number of hydrogen-bond donors (Lipinski definition) is 0. The second-order valence-corrected chi connectivity index (χ2v) is 17.3. The SMILES string of the molecule is Cc1cc(-c2ccccc2)ccc1N(c1ccc2c(c1)C(C)(C)c1ccccc1-2)c1ccc2c(c1)C1(c3ccccc3-c3ccccc31)c1cccc(-c3ccccc3)c1-2. The van der Waals surface area contributed by atoms with E-state index in [4.69, 9.17) is 0 Å². The third-order valence-corrected chi connectivity index (χ3v) is 13.8. The van der Waals surface area contributed by atoms with E-state index in [2.05, 4.69) is 232 Å². The highest BCUT2D eigenvalue weighted by Gasteiger charge is 2.52. The first-order chi connectivity index (χ1) is 29.4. The van der Waals surface area contributed by atoms with Crippen molar-refractivity contribution < 1.29 is 0 Å². The lowest BCUT2D eigenvalue weighted by molar-refractivity contribution is 0.660. The summed E-state index contributed by atoms with van der Waals surface area (Å²) < 4.78 is 0. The molecule has 0 amide bonds. The van der Waals surface area contributed by atoms with Crippen LogP contribution in [-0.2, 0) is 10.8 Å². The van der Waals surface area contributed by atoms with Crippen LogP contribution in [0.4, 0.5) is 17.1 Å². The second kappa shape index (κ2) is 12.9. The molecule has 9 aromatic rings. The molecule has 0 fully saturated rings. The van der Waals surface area contributed by atoms with Gasteiger partial charge in [-0.2, -0.15) is 0 Å². The van der Waals surface area contributed by atoms with Gasteiger partial charge in [-0.05, 0) is 138 Å². The molecule has 0 saturated heterocycles. The summed E-state index contributed by atoms with van der Waals surface area (Å²) in [5.41, 5.74) is 25.0. The topological polar surface area (TPSA) is 3.24 Å². The summed E-state index contributed by atoms with van der Waals surface area (Å²) in [5, 5.41) is 0. The number of fused-ring (bicyclic) bond motifs is 13. The van der Waals surface area contributed by atoms with Crippen molar-refractivity contribution in [3.8, 4) is 55.6 Å². The number of anilines is 3. The summed E-state index contributed by atoms with van der Waals surface area (Å²) in [7, 11) is 0. The Morgan fingerprint density at radius 1 is 0.333 bits per heavy atom. The van der Waals surface area contributed by atoms with E-state index in [1.54, 1.807) is 0 Å². The third kappa shape index (κ3) is 4.75.